The fraction of sp³-hybridized carbons (Fsp3) is 0.304. The van der Waals surface area contributed by atoms with Gasteiger partial charge in [0.15, 0.2) is 0 Å². The van der Waals surface area contributed by atoms with Gasteiger partial charge in [-0.15, -0.1) is 68.0 Å². The van der Waals surface area contributed by atoms with Gasteiger partial charge < -0.3 is 46.4 Å². The molecule has 8 aromatic heterocycles. The van der Waals surface area contributed by atoms with Gasteiger partial charge in [-0.2, -0.15) is 0 Å². The number of nitrogens with zero attached hydrogens (tertiary/aromatic N) is 10. The second kappa shape index (κ2) is 25.9. The lowest BCUT2D eigenvalue weighted by molar-refractivity contribution is -0.141. The third-order valence-corrected chi connectivity index (χ3v) is 20.0. The lowest BCUT2D eigenvalue weighted by Gasteiger charge is -2.23. The summed E-state index contributed by atoms with van der Waals surface area (Å²) in [6.07, 6.45) is 3.98. The molecule has 25 nitrogen and oxygen atoms in total. The third kappa shape index (κ3) is 12.9. The highest BCUT2D eigenvalue weighted by molar-refractivity contribution is 7.19. The lowest BCUT2D eigenvalue weighted by atomic mass is 10.0. The number of carboxylic acids is 1. The third-order valence-electron chi connectivity index (χ3n) is 14.1. The maximum atomic E-state index is 14.4. The van der Waals surface area contributed by atoms with Gasteiger partial charge in [-0.3, -0.25) is 33.3 Å². The van der Waals surface area contributed by atoms with Gasteiger partial charge in [0.2, 0.25) is 11.8 Å². The van der Waals surface area contributed by atoms with Gasteiger partial charge in [-0.1, -0.05) is 44.2 Å². The number of aryl methyl sites for hydroxylation is 1. The first kappa shape index (κ1) is 60.3. The zero-order valence-corrected chi connectivity index (χ0v) is 51.7. The number of hydrogen-bond donors (Lipinski definition) is 7. The second-order valence-electron chi connectivity index (χ2n) is 20.3. The SMILES string of the molecule is CNC(=O)C[C@@H]1NC(=O)c2csc(n2)-c2ccc(-c3nc(-n4cnc(C(=O)N5CCC[C@@H]5C(=O)O)c4)cs3)nc2-c2cnc(s2)-c2csc(n2)[C@H]([C@@H](O)c2ccccc2)NC(=O)CNC(=O)c2nc(sc2COC)[C@H](C(C)C)NC(=O)c2nc1sc2C. The zero-order chi connectivity index (χ0) is 61.2. The van der Waals surface area contributed by atoms with Crippen LogP contribution in [0.3, 0.4) is 0 Å². The molecule has 0 aliphatic carbocycles. The number of amides is 6. The molecule has 10 heterocycles. The van der Waals surface area contributed by atoms with Crippen molar-refractivity contribution in [1.82, 2.24) is 75.9 Å². The summed E-state index contributed by atoms with van der Waals surface area (Å²) >= 11 is 7.20. The summed E-state index contributed by atoms with van der Waals surface area (Å²) in [5, 5.41) is 43.2. The molecule has 7 N–H and O–H groups in total. The van der Waals surface area contributed by atoms with E-state index in [-0.39, 0.29) is 46.7 Å². The van der Waals surface area contributed by atoms with Gasteiger partial charge in [0.25, 0.3) is 23.6 Å². The molecule has 11 rings (SSSR count). The van der Waals surface area contributed by atoms with E-state index < -0.39 is 78.2 Å². The first-order valence-corrected chi connectivity index (χ1v) is 32.1. The maximum absolute atomic E-state index is 14.4. The molecule has 1 fully saturated rings. The number of rotatable bonds is 11. The Morgan fingerprint density at radius 3 is 2.32 bits per heavy atom. The van der Waals surface area contributed by atoms with Gasteiger partial charge in [0.05, 0.1) is 52.8 Å². The molecule has 0 saturated carbocycles. The number of methoxy groups -OCH3 is 1. The summed E-state index contributed by atoms with van der Waals surface area (Å²) in [6.45, 7) is 5.25. The van der Waals surface area contributed by atoms with Crippen molar-refractivity contribution < 1.29 is 48.5 Å². The Kier molecular flexibility index (Phi) is 17.9. The van der Waals surface area contributed by atoms with Crippen molar-refractivity contribution in [3.05, 3.63) is 130 Å². The fourth-order valence-corrected chi connectivity index (χ4v) is 15.3. The molecule has 5 atom stereocenters. The van der Waals surface area contributed by atoms with Crippen LogP contribution >= 0.6 is 68.0 Å². The lowest BCUT2D eigenvalue weighted by Crippen LogP contribution is -2.40. The number of aliphatic hydroxyl groups excluding tert-OH is 1. The first-order valence-electron chi connectivity index (χ1n) is 27.0. The van der Waals surface area contributed by atoms with Crippen molar-refractivity contribution in [2.75, 3.05) is 27.2 Å². The van der Waals surface area contributed by atoms with Crippen LogP contribution in [0.1, 0.15) is 130 Å². The van der Waals surface area contributed by atoms with Gasteiger partial charge in [-0.05, 0) is 43.4 Å². The number of carboxylic acid groups (broad SMARTS) is 1. The fourth-order valence-electron chi connectivity index (χ4n) is 9.66. The quantitative estimate of drug-likeness (QED) is 0.0673. The number of carbonyl (C=O) groups excluding carboxylic acids is 6. The van der Waals surface area contributed by atoms with Gasteiger partial charge >= 0.3 is 5.97 Å². The van der Waals surface area contributed by atoms with Gasteiger partial charge in [0, 0.05) is 59.7 Å². The van der Waals surface area contributed by atoms with E-state index in [1.165, 1.54) is 88.3 Å². The van der Waals surface area contributed by atoms with Gasteiger partial charge in [0.1, 0.15) is 88.8 Å². The molecule has 448 valence electrons. The second-order valence-corrected chi connectivity index (χ2v) is 26.3. The highest BCUT2D eigenvalue weighted by Crippen LogP contribution is 2.42. The van der Waals surface area contributed by atoms with Gasteiger partial charge in [-0.25, -0.2) is 44.7 Å². The molecule has 31 heteroatoms. The maximum Gasteiger partial charge on any atom is 0.326 e. The Bertz CT molecular complexity index is 4090. The van der Waals surface area contributed by atoms with Crippen LogP contribution in [0.15, 0.2) is 77.3 Å². The summed E-state index contributed by atoms with van der Waals surface area (Å²) in [5.74, 6) is -4.29. The predicted octanol–water partition coefficient (Wildman–Crippen LogP) is 7.19. The normalized spacial score (nSPS) is 17.9. The van der Waals surface area contributed by atoms with E-state index >= 15 is 0 Å². The number of thiazole rings is 6. The predicted molar refractivity (Wildman–Crippen MR) is 326 cm³/mol. The van der Waals surface area contributed by atoms with Crippen LogP contribution < -0.4 is 26.6 Å². The Hall–Kier alpha value is -8.43. The largest absolute Gasteiger partial charge is 0.480 e. The molecule has 2 aliphatic heterocycles. The number of imidazole rings is 1. The van der Waals surface area contributed by atoms with Crippen molar-refractivity contribution in [1.29, 1.82) is 0 Å². The number of ether oxygens (including phenoxy) is 1. The number of pyridine rings is 1. The number of hydrogen-bond acceptors (Lipinski definition) is 23. The van der Waals surface area contributed by atoms with Crippen LogP contribution in [0.5, 0.6) is 0 Å². The summed E-state index contributed by atoms with van der Waals surface area (Å²) in [7, 11) is 2.94. The van der Waals surface area contributed by atoms with E-state index in [9.17, 15) is 43.8 Å². The molecule has 1 aromatic carbocycles. The molecule has 0 spiro atoms. The minimum atomic E-state index is -1.29. The number of benzene rings is 1. The monoisotopic (exact) mass is 1290 g/mol. The standard InChI is InChI=1S/C56H53N15O10S6/c1-25(2)40-54-69-43(36(87-54)20-81-5)47(76)58-18-39(73)66-44(45(74)27-10-7-6-8-11-27)53-64-33(22-83-53)50-59-17-35(86-50)42-28(49-63-32(21-82-49)46(75)62-30(16-38(72)57-4)52-68-41(26(3)85-52)48(77)67-40)13-14-29(61-42)51-65-37(23-84-51)70-19-31(60-24-70)55(78)71-15-9-12-34(71)56(79)80/h6-8,10-11,13-14,17,19,21-25,30,34,40,44-45,74H,9,12,15-16,18,20H2,1-5H3,(H,57,72)(H,58,76)(H,62,75)(H,66,73)(H,67,77)(H,79,80)/t30-,34+,40-,44-,45-/m0/s1. The van der Waals surface area contributed by atoms with Crippen LogP contribution in [0.2, 0.25) is 0 Å². The van der Waals surface area contributed by atoms with Crippen molar-refractivity contribution in [2.24, 2.45) is 5.92 Å². The average Bonchev–Trinajstić information content (AvgIpc) is 2.71. The number of nitrogens with one attached hydrogen (secondary N) is 5. The van der Waals surface area contributed by atoms with E-state index in [1.54, 1.807) is 76.3 Å². The van der Waals surface area contributed by atoms with Crippen LogP contribution in [-0.4, -0.2) is 134 Å². The van der Waals surface area contributed by atoms with Crippen LogP contribution in [0, 0.1) is 12.8 Å². The molecule has 0 radical (unpaired) electrons. The Morgan fingerprint density at radius 1 is 0.770 bits per heavy atom. The first-order chi connectivity index (χ1) is 41.9. The molecule has 10 bridgehead atoms. The zero-order valence-electron chi connectivity index (χ0n) is 46.8. The summed E-state index contributed by atoms with van der Waals surface area (Å²) in [4.78, 5) is 136. The molecule has 0 unspecified atom stereocenters. The van der Waals surface area contributed by atoms with Crippen molar-refractivity contribution in [2.45, 2.75) is 76.9 Å². The van der Waals surface area contributed by atoms with Crippen molar-refractivity contribution >= 4 is 109 Å². The molecule has 9 aromatic rings. The minimum Gasteiger partial charge on any atom is -0.480 e. The Labute approximate surface area is 519 Å². The number of aromatic nitrogens is 9. The summed E-state index contributed by atoms with van der Waals surface area (Å²) in [5.41, 5.74) is 2.45. The van der Waals surface area contributed by atoms with E-state index in [2.05, 4.69) is 31.6 Å². The van der Waals surface area contributed by atoms with E-state index in [0.29, 0.717) is 93.1 Å². The molecule has 2 aliphatic rings. The molecule has 87 heavy (non-hydrogen) atoms. The number of aliphatic carboxylic acids is 1. The molecule has 1 saturated heterocycles. The van der Waals surface area contributed by atoms with Crippen molar-refractivity contribution in [3.8, 4) is 48.4 Å². The molecular weight excluding hydrogens is 1240 g/mol. The highest BCUT2D eigenvalue weighted by atomic mass is 32.1. The Balaban J connectivity index is 0.975. The molecular formula is C56H53N15O10S6. The summed E-state index contributed by atoms with van der Waals surface area (Å²) < 4.78 is 7.03. The van der Waals surface area contributed by atoms with Crippen LogP contribution in [-0.2, 0) is 25.7 Å². The van der Waals surface area contributed by atoms with Crippen LogP contribution in [0.25, 0.3) is 48.4 Å². The van der Waals surface area contributed by atoms with E-state index in [0.717, 1.165) is 11.3 Å². The Morgan fingerprint density at radius 2 is 1.55 bits per heavy atom. The van der Waals surface area contributed by atoms with E-state index in [4.69, 9.17) is 39.6 Å². The average molecular weight is 1290 g/mol. The van der Waals surface area contributed by atoms with E-state index in [1.807, 2.05) is 13.8 Å². The topological polar surface area (TPSA) is 341 Å². The highest BCUT2D eigenvalue weighted by Gasteiger charge is 2.36. The van der Waals surface area contributed by atoms with Crippen molar-refractivity contribution in [3.63, 3.8) is 0 Å². The number of carbonyl (C=O) groups is 7. The smallest absolute Gasteiger partial charge is 0.326 e. The summed E-state index contributed by atoms with van der Waals surface area (Å²) in [6, 6.07) is 8.58. The number of aliphatic hydroxyl groups is 1. The number of fused-ring (bicyclic) bond motifs is 14. The minimum absolute atomic E-state index is 0.00267. The van der Waals surface area contributed by atoms with Crippen LogP contribution in [0.4, 0.5) is 0 Å². The molecule has 6 amide bonds. The number of likely N-dealkylation sites (tertiary alicyclic amines) is 1.